The van der Waals surface area contributed by atoms with Gasteiger partial charge >= 0.3 is 12.1 Å². The number of carbonyl (C=O) groups excluding carboxylic acids is 3. The Morgan fingerprint density at radius 1 is 0.912 bits per heavy atom. The van der Waals surface area contributed by atoms with Crippen molar-refractivity contribution in [2.75, 3.05) is 26.3 Å². The Hall–Kier alpha value is -3.39. The van der Waals surface area contributed by atoms with Crippen LogP contribution in [0.25, 0.3) is 0 Å². The van der Waals surface area contributed by atoms with Crippen molar-refractivity contribution in [1.29, 1.82) is 0 Å². The van der Waals surface area contributed by atoms with Crippen LogP contribution in [0.5, 0.6) is 0 Å². The van der Waals surface area contributed by atoms with Gasteiger partial charge in [0.2, 0.25) is 5.91 Å². The summed E-state index contributed by atoms with van der Waals surface area (Å²) in [6, 6.07) is 18.5. The smallest absolute Gasteiger partial charge is 0.407 e. The molecular formula is C26H33N3O5. The molecule has 182 valence electrons. The van der Waals surface area contributed by atoms with Crippen molar-refractivity contribution in [2.45, 2.75) is 39.5 Å². The number of carbonyl (C=O) groups is 3. The van der Waals surface area contributed by atoms with Crippen LogP contribution >= 0.6 is 0 Å². The molecule has 1 N–H and O–H groups in total. The number of hydrogen-bond donors (Lipinski definition) is 1. The molecular weight excluding hydrogens is 434 g/mol. The van der Waals surface area contributed by atoms with Crippen LogP contribution in [0.4, 0.5) is 4.79 Å². The molecule has 0 spiro atoms. The monoisotopic (exact) mass is 467 g/mol. The van der Waals surface area contributed by atoms with Gasteiger partial charge in [-0.2, -0.15) is 0 Å². The molecule has 8 heteroatoms. The molecule has 8 nitrogen and oxygen atoms in total. The van der Waals surface area contributed by atoms with Crippen LogP contribution in [-0.2, 0) is 32.3 Å². The molecule has 0 aromatic heterocycles. The second-order valence-electron chi connectivity index (χ2n) is 8.45. The number of rotatable bonds is 10. The maximum Gasteiger partial charge on any atom is 0.407 e. The summed E-state index contributed by atoms with van der Waals surface area (Å²) in [4.78, 5) is 41.1. The standard InChI is InChI=1S/C26H33N3O5/c1-3-20(2)24(25(31)33-17-21-10-6-4-7-11-21)29-15-14-28(19-29)23(30)16-27-26(32)34-18-22-12-8-5-9-13-22/h4-13,20,24H,3,14-19H2,1-2H3,(H,27,32)/t20-,24-/m0/s1. The van der Waals surface area contributed by atoms with Crippen molar-refractivity contribution < 1.29 is 23.9 Å². The third-order valence-corrected chi connectivity index (χ3v) is 6.00. The molecule has 2 amide bonds. The Morgan fingerprint density at radius 2 is 1.50 bits per heavy atom. The van der Waals surface area contributed by atoms with Gasteiger partial charge in [0, 0.05) is 13.1 Å². The first-order chi connectivity index (χ1) is 16.5. The van der Waals surface area contributed by atoms with E-state index in [-0.39, 0.29) is 37.6 Å². The van der Waals surface area contributed by atoms with Gasteiger partial charge in [-0.3, -0.25) is 14.5 Å². The number of nitrogens with zero attached hydrogens (tertiary/aromatic N) is 2. The Bertz CT molecular complexity index is 938. The van der Waals surface area contributed by atoms with Gasteiger partial charge in [-0.1, -0.05) is 80.9 Å². The minimum absolute atomic E-state index is 0.0735. The molecule has 0 saturated carbocycles. The van der Waals surface area contributed by atoms with E-state index in [0.717, 1.165) is 17.5 Å². The molecule has 0 aliphatic carbocycles. The maximum atomic E-state index is 12.9. The average molecular weight is 468 g/mol. The highest BCUT2D eigenvalue weighted by atomic mass is 16.5. The average Bonchev–Trinajstić information content (AvgIpc) is 3.35. The molecule has 0 radical (unpaired) electrons. The number of benzene rings is 2. The molecule has 1 aliphatic heterocycles. The Labute approximate surface area is 200 Å². The summed E-state index contributed by atoms with van der Waals surface area (Å²) < 4.78 is 10.8. The van der Waals surface area contributed by atoms with E-state index in [9.17, 15) is 14.4 Å². The lowest BCUT2D eigenvalue weighted by Gasteiger charge is -2.30. The molecule has 2 aromatic carbocycles. The van der Waals surface area contributed by atoms with Gasteiger partial charge in [0.15, 0.2) is 0 Å². The van der Waals surface area contributed by atoms with E-state index in [4.69, 9.17) is 9.47 Å². The van der Waals surface area contributed by atoms with Gasteiger partial charge in [0.1, 0.15) is 25.8 Å². The predicted octanol–water partition coefficient (Wildman–Crippen LogP) is 3.17. The van der Waals surface area contributed by atoms with Gasteiger partial charge < -0.3 is 19.7 Å². The van der Waals surface area contributed by atoms with Crippen LogP contribution in [0.15, 0.2) is 60.7 Å². The maximum absolute atomic E-state index is 12.9. The Kier molecular flexibility index (Phi) is 9.46. The van der Waals surface area contributed by atoms with E-state index in [1.807, 2.05) is 79.4 Å². The number of hydrogen-bond acceptors (Lipinski definition) is 6. The Morgan fingerprint density at radius 3 is 2.09 bits per heavy atom. The highest BCUT2D eigenvalue weighted by Crippen LogP contribution is 2.21. The van der Waals surface area contributed by atoms with E-state index >= 15 is 0 Å². The molecule has 3 rings (SSSR count). The lowest BCUT2D eigenvalue weighted by molar-refractivity contribution is -0.154. The van der Waals surface area contributed by atoms with Crippen molar-refractivity contribution in [3.63, 3.8) is 0 Å². The van der Waals surface area contributed by atoms with Crippen LogP contribution in [0.3, 0.4) is 0 Å². The summed E-state index contributed by atoms with van der Waals surface area (Å²) in [6.07, 6.45) is 0.167. The van der Waals surface area contributed by atoms with Gasteiger partial charge in [0.05, 0.1) is 6.67 Å². The van der Waals surface area contributed by atoms with Crippen LogP contribution in [0, 0.1) is 5.92 Å². The summed E-state index contributed by atoms with van der Waals surface area (Å²) in [7, 11) is 0. The number of alkyl carbamates (subject to hydrolysis) is 1. The fraction of sp³-hybridized carbons (Fsp3) is 0.423. The van der Waals surface area contributed by atoms with E-state index in [0.29, 0.717) is 19.8 Å². The summed E-state index contributed by atoms with van der Waals surface area (Å²) >= 11 is 0. The second kappa shape index (κ2) is 12.7. The SMILES string of the molecule is CC[C@H](C)[C@@H](C(=O)OCc1ccccc1)N1CCN(C(=O)CNC(=O)OCc2ccccc2)C1. The normalized spacial score (nSPS) is 15.4. The van der Waals surface area contributed by atoms with Crippen LogP contribution < -0.4 is 5.32 Å². The zero-order valence-electron chi connectivity index (χ0n) is 19.8. The molecule has 1 heterocycles. The van der Waals surface area contributed by atoms with Gasteiger partial charge in [-0.25, -0.2) is 4.79 Å². The second-order valence-corrected chi connectivity index (χ2v) is 8.45. The minimum Gasteiger partial charge on any atom is -0.460 e. The fourth-order valence-corrected chi connectivity index (χ4v) is 3.85. The Balaban J connectivity index is 1.47. The topological polar surface area (TPSA) is 88.2 Å². The highest BCUT2D eigenvalue weighted by molar-refractivity contribution is 5.82. The zero-order valence-corrected chi connectivity index (χ0v) is 19.8. The number of ether oxygens (including phenoxy) is 2. The van der Waals surface area contributed by atoms with Crippen molar-refractivity contribution in [3.8, 4) is 0 Å². The first-order valence-electron chi connectivity index (χ1n) is 11.6. The quantitative estimate of drug-likeness (QED) is 0.540. The number of amides is 2. The van der Waals surface area contributed by atoms with E-state index in [2.05, 4.69) is 5.32 Å². The first kappa shape index (κ1) is 25.2. The predicted molar refractivity (Wildman–Crippen MR) is 127 cm³/mol. The lowest BCUT2D eigenvalue weighted by atomic mass is 9.98. The van der Waals surface area contributed by atoms with Crippen molar-refractivity contribution in [2.24, 2.45) is 5.92 Å². The number of esters is 1. The molecule has 0 unspecified atom stereocenters. The summed E-state index contributed by atoms with van der Waals surface area (Å²) in [5, 5.41) is 2.51. The van der Waals surface area contributed by atoms with E-state index in [1.165, 1.54) is 0 Å². The van der Waals surface area contributed by atoms with Crippen LogP contribution in [0.2, 0.25) is 0 Å². The molecule has 34 heavy (non-hydrogen) atoms. The van der Waals surface area contributed by atoms with Crippen LogP contribution in [0.1, 0.15) is 31.4 Å². The molecule has 1 aliphatic rings. The summed E-state index contributed by atoms with van der Waals surface area (Å²) in [5.74, 6) is -0.431. The third kappa shape index (κ3) is 7.31. The van der Waals surface area contributed by atoms with Crippen molar-refractivity contribution in [3.05, 3.63) is 71.8 Å². The molecule has 2 aromatic rings. The molecule has 1 saturated heterocycles. The number of nitrogens with one attached hydrogen (secondary N) is 1. The van der Waals surface area contributed by atoms with E-state index in [1.54, 1.807) is 4.90 Å². The fourth-order valence-electron chi connectivity index (χ4n) is 3.85. The third-order valence-electron chi connectivity index (χ3n) is 6.00. The first-order valence-corrected chi connectivity index (χ1v) is 11.6. The minimum atomic E-state index is -0.643. The highest BCUT2D eigenvalue weighted by Gasteiger charge is 2.37. The summed E-state index contributed by atoms with van der Waals surface area (Å²) in [5.41, 5.74) is 1.80. The summed E-state index contributed by atoms with van der Waals surface area (Å²) in [6.45, 7) is 5.62. The van der Waals surface area contributed by atoms with E-state index < -0.39 is 12.1 Å². The molecule has 0 bridgehead atoms. The lowest BCUT2D eigenvalue weighted by Crippen LogP contribution is -2.47. The van der Waals surface area contributed by atoms with Crippen LogP contribution in [-0.4, -0.2) is 60.1 Å². The largest absolute Gasteiger partial charge is 0.460 e. The van der Waals surface area contributed by atoms with Crippen molar-refractivity contribution in [1.82, 2.24) is 15.1 Å². The zero-order chi connectivity index (χ0) is 24.3. The molecule has 2 atom stereocenters. The van der Waals surface area contributed by atoms with Crippen molar-refractivity contribution >= 4 is 18.0 Å². The molecule has 1 fully saturated rings. The van der Waals surface area contributed by atoms with Gasteiger partial charge in [-0.05, 0) is 17.0 Å². The van der Waals surface area contributed by atoms with Gasteiger partial charge in [0.25, 0.3) is 0 Å². The van der Waals surface area contributed by atoms with Gasteiger partial charge in [-0.15, -0.1) is 0 Å².